The molecule has 0 aromatic carbocycles. The molecule has 0 spiro atoms. The van der Waals surface area contributed by atoms with Gasteiger partial charge >= 0.3 is 0 Å². The average molecular weight is 227 g/mol. The predicted octanol–water partition coefficient (Wildman–Crippen LogP) is 3.37. The zero-order valence-electron chi connectivity index (χ0n) is 7.30. The molecule has 5 atom stereocenters. The molecule has 0 aromatic rings. The Labute approximate surface area is 82.5 Å². The summed E-state index contributed by atoms with van der Waals surface area (Å²) in [5.41, 5.74) is 1.57. The largest absolute Gasteiger partial charge is 0.0993 e. The van der Waals surface area contributed by atoms with Crippen LogP contribution in [0.15, 0.2) is 12.2 Å². The van der Waals surface area contributed by atoms with Crippen molar-refractivity contribution < 1.29 is 0 Å². The minimum atomic E-state index is 0.776. The van der Waals surface area contributed by atoms with Crippen LogP contribution in [0, 0.1) is 23.7 Å². The molecule has 0 aromatic heterocycles. The fourth-order valence-electron chi connectivity index (χ4n) is 3.72. The number of rotatable bonds is 0. The first kappa shape index (κ1) is 7.61. The van der Waals surface area contributed by atoms with Crippen molar-refractivity contribution in [1.29, 1.82) is 0 Å². The number of alkyl halides is 1. The van der Waals surface area contributed by atoms with Gasteiger partial charge in [-0.3, -0.25) is 0 Å². The summed E-state index contributed by atoms with van der Waals surface area (Å²) in [6, 6.07) is 0. The van der Waals surface area contributed by atoms with E-state index < -0.39 is 0 Å². The second-order valence-corrected chi connectivity index (χ2v) is 5.95. The molecule has 4 unspecified atom stereocenters. The fourth-order valence-corrected chi connectivity index (χ4v) is 4.70. The summed E-state index contributed by atoms with van der Waals surface area (Å²) in [4.78, 5) is 0.776. The summed E-state index contributed by atoms with van der Waals surface area (Å²) >= 11 is 3.86. The number of hydrogen-bond acceptors (Lipinski definition) is 0. The number of halogens is 1. The summed E-state index contributed by atoms with van der Waals surface area (Å²) < 4.78 is 0. The predicted molar refractivity (Wildman–Crippen MR) is 54.3 cm³/mol. The van der Waals surface area contributed by atoms with Crippen LogP contribution in [0.3, 0.4) is 0 Å². The molecule has 0 heterocycles. The summed E-state index contributed by atoms with van der Waals surface area (Å²) in [6.07, 6.45) is 5.82. The Kier molecular flexibility index (Phi) is 1.50. The van der Waals surface area contributed by atoms with Crippen LogP contribution in [0.4, 0.5) is 0 Å². The van der Waals surface area contributed by atoms with E-state index in [0.29, 0.717) is 0 Å². The molecule has 0 amide bonds. The van der Waals surface area contributed by atoms with Crippen molar-refractivity contribution in [2.75, 3.05) is 0 Å². The molecule has 1 heteroatoms. The van der Waals surface area contributed by atoms with Crippen LogP contribution in [0.25, 0.3) is 0 Å². The zero-order chi connectivity index (χ0) is 8.29. The smallest absolute Gasteiger partial charge is 0.0239 e. The normalized spacial score (nSPS) is 56.4. The van der Waals surface area contributed by atoms with E-state index in [4.69, 9.17) is 0 Å². The van der Waals surface area contributed by atoms with Gasteiger partial charge in [-0.25, -0.2) is 0 Å². The highest BCUT2D eigenvalue weighted by Crippen LogP contribution is 2.57. The monoisotopic (exact) mass is 226 g/mol. The lowest BCUT2D eigenvalue weighted by atomic mass is 9.54. The standard InChI is InChI=1S/C11H15Br/c1-6-8-2-7-3-9(5-8)11(12)10(6)4-7/h7-11H,1-5H2/t7?,8?,9?,10?,11-/m1/s1. The first-order chi connectivity index (χ1) is 5.75. The molecule has 0 saturated heterocycles. The van der Waals surface area contributed by atoms with Crippen molar-refractivity contribution in [1.82, 2.24) is 0 Å². The molecule has 4 aliphatic carbocycles. The Bertz CT molecular complexity index is 233. The van der Waals surface area contributed by atoms with Crippen molar-refractivity contribution in [3.8, 4) is 0 Å². The summed E-state index contributed by atoms with van der Waals surface area (Å²) in [6.45, 7) is 4.27. The summed E-state index contributed by atoms with van der Waals surface area (Å²) in [5.74, 6) is 3.78. The average Bonchev–Trinajstić information content (AvgIpc) is 2.07. The van der Waals surface area contributed by atoms with Gasteiger partial charge in [0.05, 0.1) is 0 Å². The van der Waals surface area contributed by atoms with Crippen molar-refractivity contribution >= 4 is 15.9 Å². The van der Waals surface area contributed by atoms with Crippen LogP contribution in [0.2, 0.25) is 0 Å². The van der Waals surface area contributed by atoms with Gasteiger partial charge in [-0.2, -0.15) is 0 Å². The molecule has 4 fully saturated rings. The van der Waals surface area contributed by atoms with Crippen LogP contribution in [0.5, 0.6) is 0 Å². The van der Waals surface area contributed by atoms with Crippen molar-refractivity contribution in [2.45, 2.75) is 30.5 Å². The van der Waals surface area contributed by atoms with E-state index in [-0.39, 0.29) is 0 Å². The van der Waals surface area contributed by atoms with Gasteiger partial charge in [0.2, 0.25) is 0 Å². The van der Waals surface area contributed by atoms with Crippen LogP contribution in [0.1, 0.15) is 25.7 Å². The van der Waals surface area contributed by atoms with Gasteiger partial charge in [-0.1, -0.05) is 28.1 Å². The SMILES string of the molecule is C=C1C2CC3CC(C2)[C@@H](Br)C1C3. The molecule has 0 N–H and O–H groups in total. The van der Waals surface area contributed by atoms with Gasteiger partial charge in [0.15, 0.2) is 0 Å². The van der Waals surface area contributed by atoms with Crippen molar-refractivity contribution in [3.05, 3.63) is 12.2 Å². The molecule has 0 nitrogen and oxygen atoms in total. The van der Waals surface area contributed by atoms with E-state index in [2.05, 4.69) is 22.5 Å². The van der Waals surface area contributed by atoms with Gasteiger partial charge < -0.3 is 0 Å². The molecule has 66 valence electrons. The quantitative estimate of drug-likeness (QED) is 0.439. The Morgan fingerprint density at radius 2 is 2.00 bits per heavy atom. The number of allylic oxidation sites excluding steroid dienone is 1. The third-order valence-electron chi connectivity index (χ3n) is 4.26. The molecule has 12 heavy (non-hydrogen) atoms. The van der Waals surface area contributed by atoms with Crippen LogP contribution >= 0.6 is 15.9 Å². The van der Waals surface area contributed by atoms with Crippen molar-refractivity contribution in [2.24, 2.45) is 23.7 Å². The van der Waals surface area contributed by atoms with Gasteiger partial charge in [0.25, 0.3) is 0 Å². The maximum absolute atomic E-state index is 4.27. The second-order valence-electron chi connectivity index (χ2n) is 4.89. The van der Waals surface area contributed by atoms with E-state index in [1.54, 1.807) is 5.57 Å². The Hall–Kier alpha value is 0.220. The Balaban J connectivity index is 1.98. The van der Waals surface area contributed by atoms with Crippen LogP contribution in [-0.4, -0.2) is 4.83 Å². The summed E-state index contributed by atoms with van der Waals surface area (Å²) in [5, 5.41) is 0. The molecule has 4 aliphatic rings. The van der Waals surface area contributed by atoms with E-state index in [0.717, 1.165) is 28.5 Å². The maximum atomic E-state index is 4.27. The molecule has 0 aliphatic heterocycles. The van der Waals surface area contributed by atoms with Crippen molar-refractivity contribution in [3.63, 3.8) is 0 Å². The van der Waals surface area contributed by atoms with E-state index in [1.807, 2.05) is 0 Å². The molecule has 4 bridgehead atoms. The zero-order valence-corrected chi connectivity index (χ0v) is 8.89. The lowest BCUT2D eigenvalue weighted by Crippen LogP contribution is -2.46. The Morgan fingerprint density at radius 3 is 2.83 bits per heavy atom. The highest BCUT2D eigenvalue weighted by molar-refractivity contribution is 9.09. The van der Waals surface area contributed by atoms with E-state index >= 15 is 0 Å². The highest BCUT2D eigenvalue weighted by atomic mass is 79.9. The molecule has 0 radical (unpaired) electrons. The first-order valence-electron chi connectivity index (χ1n) is 5.08. The molecular weight excluding hydrogens is 212 g/mol. The van der Waals surface area contributed by atoms with E-state index in [1.165, 1.54) is 25.7 Å². The summed E-state index contributed by atoms with van der Waals surface area (Å²) in [7, 11) is 0. The van der Waals surface area contributed by atoms with Gasteiger partial charge in [-0.05, 0) is 49.4 Å². The van der Waals surface area contributed by atoms with Crippen LogP contribution in [-0.2, 0) is 0 Å². The van der Waals surface area contributed by atoms with Crippen LogP contribution < -0.4 is 0 Å². The second kappa shape index (κ2) is 2.37. The van der Waals surface area contributed by atoms with Gasteiger partial charge in [0.1, 0.15) is 0 Å². The molecule has 4 rings (SSSR count). The topological polar surface area (TPSA) is 0 Å². The Morgan fingerprint density at radius 1 is 1.17 bits per heavy atom. The molecular formula is C11H15Br. The third kappa shape index (κ3) is 0.837. The minimum Gasteiger partial charge on any atom is -0.0993 e. The lowest BCUT2D eigenvalue weighted by Gasteiger charge is -2.54. The minimum absolute atomic E-state index is 0.776. The number of hydrogen-bond donors (Lipinski definition) is 0. The third-order valence-corrected chi connectivity index (χ3v) is 5.65. The van der Waals surface area contributed by atoms with E-state index in [9.17, 15) is 0 Å². The first-order valence-corrected chi connectivity index (χ1v) is 6.00. The lowest BCUT2D eigenvalue weighted by molar-refractivity contribution is 0.0797. The van der Waals surface area contributed by atoms with Gasteiger partial charge in [-0.15, -0.1) is 0 Å². The maximum Gasteiger partial charge on any atom is 0.0239 e. The highest BCUT2D eigenvalue weighted by Gasteiger charge is 2.49. The molecule has 4 saturated carbocycles. The van der Waals surface area contributed by atoms with Gasteiger partial charge in [0, 0.05) is 4.83 Å². The fraction of sp³-hybridized carbons (Fsp3) is 0.818.